The van der Waals surface area contributed by atoms with Crippen molar-refractivity contribution in [3.8, 4) is 0 Å². The lowest BCUT2D eigenvalue weighted by Crippen LogP contribution is -2.24. The number of nitrogens with zero attached hydrogens (tertiary/aromatic N) is 5. The Morgan fingerprint density at radius 3 is 2.75 bits per heavy atom. The Bertz CT molecular complexity index is 1150. The fourth-order valence-corrected chi connectivity index (χ4v) is 4.04. The molecule has 0 saturated carbocycles. The Morgan fingerprint density at radius 1 is 1.25 bits per heavy atom. The fraction of sp³-hybridized carbons (Fsp3) is 0.458. The molecule has 36 heavy (non-hydrogen) atoms. The largest absolute Gasteiger partial charge is 0.481 e. The van der Waals surface area contributed by atoms with E-state index in [9.17, 15) is 19.8 Å². The summed E-state index contributed by atoms with van der Waals surface area (Å²) in [4.78, 5) is 31.9. The van der Waals surface area contributed by atoms with Gasteiger partial charge in [0.1, 0.15) is 12.1 Å². The summed E-state index contributed by atoms with van der Waals surface area (Å²) in [5.74, 6) is 0.0755. The minimum absolute atomic E-state index is 0.0105. The molecule has 6 N–H and O–H groups in total. The first kappa shape index (κ1) is 26.7. The molecule has 1 atom stereocenters. The first-order chi connectivity index (χ1) is 17.4. The molecule has 0 radical (unpaired) electrons. The van der Waals surface area contributed by atoms with Gasteiger partial charge in [-0.05, 0) is 24.0 Å². The summed E-state index contributed by atoms with van der Waals surface area (Å²) < 4.78 is 0. The molecule has 2 heterocycles. The number of aldehydes is 1. The van der Waals surface area contributed by atoms with Crippen molar-refractivity contribution in [1.29, 1.82) is 0 Å². The molecule has 0 fully saturated rings. The number of H-pyrrole nitrogens is 1. The normalized spacial score (nSPS) is 11.8. The molecule has 0 aliphatic carbocycles. The van der Waals surface area contributed by atoms with Gasteiger partial charge < -0.3 is 21.3 Å². The molecular formula is C24H32N8O4. The molecule has 3 rings (SSSR count). The Labute approximate surface area is 208 Å². The second-order valence-corrected chi connectivity index (χ2v) is 8.58. The van der Waals surface area contributed by atoms with Gasteiger partial charge in [0, 0.05) is 43.0 Å². The van der Waals surface area contributed by atoms with Crippen LogP contribution in [0.1, 0.15) is 77.6 Å². The molecule has 0 saturated heterocycles. The summed E-state index contributed by atoms with van der Waals surface area (Å²) in [7, 11) is 0. The highest BCUT2D eigenvalue weighted by atomic mass is 16.4. The quantitative estimate of drug-likeness (QED) is 0.193. The third kappa shape index (κ3) is 7.54. The SMILES string of the molecule is CCCCC(CCO)Nc1nc(N)nc(CCC(=O)O)c1Cc1cc(Cc2nn[nH]n2)ccc1C=O. The third-order valence-electron chi connectivity index (χ3n) is 5.86. The molecule has 0 amide bonds. The van der Waals surface area contributed by atoms with Crippen molar-refractivity contribution in [1.82, 2.24) is 30.6 Å². The average Bonchev–Trinajstić information content (AvgIpc) is 3.36. The van der Waals surface area contributed by atoms with E-state index in [2.05, 4.69) is 42.8 Å². The molecule has 0 aliphatic heterocycles. The number of aromatic nitrogens is 6. The number of anilines is 2. The van der Waals surface area contributed by atoms with Crippen LogP contribution in [0.25, 0.3) is 0 Å². The lowest BCUT2D eigenvalue weighted by molar-refractivity contribution is -0.136. The number of carboxylic acid groups (broad SMARTS) is 1. The zero-order valence-electron chi connectivity index (χ0n) is 20.3. The van der Waals surface area contributed by atoms with Crippen molar-refractivity contribution >= 4 is 24.0 Å². The Morgan fingerprint density at radius 2 is 2.08 bits per heavy atom. The van der Waals surface area contributed by atoms with Crippen LogP contribution in [0, 0.1) is 0 Å². The predicted octanol–water partition coefficient (Wildman–Crippen LogP) is 1.94. The first-order valence-corrected chi connectivity index (χ1v) is 12.0. The summed E-state index contributed by atoms with van der Waals surface area (Å²) in [6.45, 7) is 2.10. The van der Waals surface area contributed by atoms with Crippen LogP contribution in [0.15, 0.2) is 18.2 Å². The van der Waals surface area contributed by atoms with Gasteiger partial charge in [-0.15, -0.1) is 10.2 Å². The highest BCUT2D eigenvalue weighted by Gasteiger charge is 2.20. The van der Waals surface area contributed by atoms with Crippen LogP contribution < -0.4 is 11.1 Å². The number of hydrogen-bond donors (Lipinski definition) is 5. The number of aromatic amines is 1. The molecule has 12 nitrogen and oxygen atoms in total. The van der Waals surface area contributed by atoms with Gasteiger partial charge in [-0.3, -0.25) is 9.59 Å². The van der Waals surface area contributed by atoms with E-state index < -0.39 is 5.97 Å². The number of benzene rings is 1. The number of hydrogen-bond acceptors (Lipinski definition) is 10. The van der Waals surface area contributed by atoms with Crippen LogP contribution in [0.3, 0.4) is 0 Å². The van der Waals surface area contributed by atoms with E-state index >= 15 is 0 Å². The van der Waals surface area contributed by atoms with E-state index in [4.69, 9.17) is 5.73 Å². The van der Waals surface area contributed by atoms with Gasteiger partial charge >= 0.3 is 5.97 Å². The molecule has 0 spiro atoms. The number of aliphatic carboxylic acids is 1. The maximum Gasteiger partial charge on any atom is 0.303 e. The number of nitrogens with two attached hydrogens (primary N) is 1. The average molecular weight is 497 g/mol. The van der Waals surface area contributed by atoms with E-state index in [0.29, 0.717) is 41.3 Å². The number of tetrazole rings is 1. The van der Waals surface area contributed by atoms with Gasteiger partial charge in [0.05, 0.1) is 12.1 Å². The van der Waals surface area contributed by atoms with Crippen LogP contribution in [0.2, 0.25) is 0 Å². The predicted molar refractivity (Wildman–Crippen MR) is 133 cm³/mol. The fourth-order valence-electron chi connectivity index (χ4n) is 4.04. The van der Waals surface area contributed by atoms with Crippen LogP contribution in [0.4, 0.5) is 11.8 Å². The lowest BCUT2D eigenvalue weighted by atomic mass is 9.95. The van der Waals surface area contributed by atoms with E-state index in [0.717, 1.165) is 36.7 Å². The smallest absolute Gasteiger partial charge is 0.303 e. The van der Waals surface area contributed by atoms with Crippen molar-refractivity contribution in [2.24, 2.45) is 0 Å². The summed E-state index contributed by atoms with van der Waals surface area (Å²) >= 11 is 0. The van der Waals surface area contributed by atoms with E-state index in [1.165, 1.54) is 0 Å². The van der Waals surface area contributed by atoms with Crippen LogP contribution in [0.5, 0.6) is 0 Å². The number of carbonyl (C=O) groups is 2. The third-order valence-corrected chi connectivity index (χ3v) is 5.86. The Balaban J connectivity index is 2.02. The maximum absolute atomic E-state index is 11.9. The molecule has 3 aromatic rings. The second kappa shape index (κ2) is 13.2. The summed E-state index contributed by atoms with van der Waals surface area (Å²) in [6, 6.07) is 5.40. The zero-order chi connectivity index (χ0) is 25.9. The van der Waals surface area contributed by atoms with Crippen molar-refractivity contribution in [3.05, 3.63) is 52.0 Å². The van der Waals surface area contributed by atoms with Crippen molar-refractivity contribution in [2.75, 3.05) is 17.7 Å². The molecule has 0 bridgehead atoms. The maximum atomic E-state index is 11.9. The van der Waals surface area contributed by atoms with Gasteiger partial charge in [-0.1, -0.05) is 43.2 Å². The number of carbonyl (C=O) groups excluding carboxylic acids is 1. The van der Waals surface area contributed by atoms with E-state index in [1.54, 1.807) is 6.07 Å². The number of aliphatic hydroxyl groups excluding tert-OH is 1. The summed E-state index contributed by atoms with van der Waals surface area (Å²) in [6.07, 6.45) is 4.83. The number of rotatable bonds is 15. The molecule has 0 aliphatic rings. The van der Waals surface area contributed by atoms with Crippen LogP contribution in [-0.4, -0.2) is 65.7 Å². The molecule has 2 aromatic heterocycles. The molecule has 1 unspecified atom stereocenters. The zero-order valence-corrected chi connectivity index (χ0v) is 20.3. The number of aliphatic hydroxyl groups is 1. The monoisotopic (exact) mass is 496 g/mol. The molecule has 12 heteroatoms. The first-order valence-electron chi connectivity index (χ1n) is 12.0. The number of carboxylic acids is 1. The van der Waals surface area contributed by atoms with E-state index in [-0.39, 0.29) is 37.9 Å². The van der Waals surface area contributed by atoms with Gasteiger partial charge in [0.15, 0.2) is 5.82 Å². The second-order valence-electron chi connectivity index (χ2n) is 8.58. The minimum Gasteiger partial charge on any atom is -0.481 e. The van der Waals surface area contributed by atoms with Crippen LogP contribution in [-0.2, 0) is 24.1 Å². The minimum atomic E-state index is -0.954. The number of nitrogen functional groups attached to an aromatic ring is 1. The Kier molecular flexibility index (Phi) is 9.81. The molecule has 1 aromatic carbocycles. The molecule has 192 valence electrons. The van der Waals surface area contributed by atoms with E-state index in [1.807, 2.05) is 12.1 Å². The standard InChI is InChI=1S/C24H32N8O4/c1-2-3-4-18(9-10-33)26-23-19(20(7-8-22(35)36)27-24(25)28-23)13-17-11-15(5-6-16(17)14-34)12-21-29-31-32-30-21/h5-6,11,14,18,33H,2-4,7-10,12-13H2,1H3,(H,35,36)(H3,25,26,27,28)(H,29,30,31,32). The number of unbranched alkanes of at least 4 members (excludes halogenated alkanes) is 1. The highest BCUT2D eigenvalue weighted by Crippen LogP contribution is 2.27. The van der Waals surface area contributed by atoms with Gasteiger partial charge in [-0.25, -0.2) is 4.98 Å². The summed E-state index contributed by atoms with van der Waals surface area (Å²) in [5, 5.41) is 36.2. The Hall–Kier alpha value is -3.93. The molecular weight excluding hydrogens is 464 g/mol. The number of aryl methyl sites for hydroxylation is 1. The van der Waals surface area contributed by atoms with Crippen LogP contribution >= 0.6 is 0 Å². The van der Waals surface area contributed by atoms with Gasteiger partial charge in [0.25, 0.3) is 0 Å². The van der Waals surface area contributed by atoms with Gasteiger partial charge in [0.2, 0.25) is 5.95 Å². The topological polar surface area (TPSA) is 193 Å². The number of nitrogens with one attached hydrogen (secondary N) is 2. The van der Waals surface area contributed by atoms with Crippen molar-refractivity contribution < 1.29 is 19.8 Å². The van der Waals surface area contributed by atoms with Gasteiger partial charge in [-0.2, -0.15) is 10.2 Å². The van der Waals surface area contributed by atoms with Crippen molar-refractivity contribution in [3.63, 3.8) is 0 Å². The lowest BCUT2D eigenvalue weighted by Gasteiger charge is -2.22. The van der Waals surface area contributed by atoms with Crippen molar-refractivity contribution in [2.45, 2.75) is 64.3 Å². The highest BCUT2D eigenvalue weighted by molar-refractivity contribution is 5.78. The summed E-state index contributed by atoms with van der Waals surface area (Å²) in [5.41, 5.74) is 9.28.